The van der Waals surface area contributed by atoms with Gasteiger partial charge in [0.15, 0.2) is 0 Å². The van der Waals surface area contributed by atoms with Crippen LogP contribution in [-0.4, -0.2) is 42.1 Å². The summed E-state index contributed by atoms with van der Waals surface area (Å²) in [4.78, 5) is 27.5. The van der Waals surface area contributed by atoms with E-state index in [1.807, 2.05) is 6.07 Å². The smallest absolute Gasteiger partial charge is 0.343 e. The van der Waals surface area contributed by atoms with Crippen molar-refractivity contribution >= 4 is 11.9 Å². The van der Waals surface area contributed by atoms with Gasteiger partial charge in [0, 0.05) is 18.7 Å². The fourth-order valence-corrected chi connectivity index (χ4v) is 3.15. The van der Waals surface area contributed by atoms with Gasteiger partial charge >= 0.3 is 5.97 Å². The van der Waals surface area contributed by atoms with Crippen molar-refractivity contribution in [2.24, 2.45) is 0 Å². The number of aromatic hydroxyl groups is 1. The number of carbonyl (C=O) groups is 2. The lowest BCUT2D eigenvalue weighted by Crippen LogP contribution is -2.40. The molecule has 1 saturated heterocycles. The molecule has 0 aliphatic carbocycles. The molecular weight excluding hydrogens is 346 g/mol. The maximum atomic E-state index is 13.0. The largest absolute Gasteiger partial charge is 0.507 e. The van der Waals surface area contributed by atoms with E-state index >= 15 is 0 Å². The maximum absolute atomic E-state index is 13.0. The summed E-state index contributed by atoms with van der Waals surface area (Å²) in [6.45, 7) is 1.31. The Morgan fingerprint density at radius 1 is 1.04 bits per heavy atom. The summed E-state index contributed by atoms with van der Waals surface area (Å²) in [5.74, 6) is -0.821. The topological polar surface area (TPSA) is 76.1 Å². The molecule has 0 aromatic heterocycles. The Balaban J connectivity index is 1.87. The molecule has 2 aromatic carbocycles. The average Bonchev–Trinajstić information content (AvgIpc) is 2.73. The quantitative estimate of drug-likeness (QED) is 0.819. The van der Waals surface area contributed by atoms with Crippen LogP contribution in [0.1, 0.15) is 41.3 Å². The van der Waals surface area contributed by atoms with Gasteiger partial charge in [-0.25, -0.2) is 4.79 Å². The molecule has 1 aliphatic heterocycles. The van der Waals surface area contributed by atoms with E-state index in [1.165, 1.54) is 19.2 Å². The van der Waals surface area contributed by atoms with Crippen LogP contribution in [0, 0.1) is 0 Å². The van der Waals surface area contributed by atoms with Crippen LogP contribution in [0.5, 0.6) is 11.5 Å². The van der Waals surface area contributed by atoms with Crippen molar-refractivity contribution in [1.29, 1.82) is 0 Å². The molecule has 3 rings (SSSR count). The zero-order valence-corrected chi connectivity index (χ0v) is 15.3. The van der Waals surface area contributed by atoms with Gasteiger partial charge in [0.25, 0.3) is 5.91 Å². The molecule has 0 bridgehead atoms. The maximum Gasteiger partial charge on any atom is 0.343 e. The molecule has 142 valence electrons. The Hall–Kier alpha value is -3.02. The minimum atomic E-state index is -1.05. The number of phenolic OH excluding ortho intramolecular Hbond substituents is 1. The van der Waals surface area contributed by atoms with Gasteiger partial charge in [-0.15, -0.1) is 0 Å². The molecule has 0 radical (unpaired) electrons. The first-order chi connectivity index (χ1) is 13.1. The first-order valence-electron chi connectivity index (χ1n) is 9.02. The molecule has 0 unspecified atom stereocenters. The second kappa shape index (κ2) is 8.58. The number of likely N-dealkylation sites (tertiary alicyclic amines) is 1. The fourth-order valence-electron chi connectivity index (χ4n) is 3.15. The molecule has 1 aliphatic rings. The molecule has 6 nitrogen and oxygen atoms in total. The minimum absolute atomic E-state index is 0.0401. The Labute approximate surface area is 158 Å². The van der Waals surface area contributed by atoms with E-state index in [4.69, 9.17) is 9.47 Å². The van der Waals surface area contributed by atoms with Gasteiger partial charge in [0.1, 0.15) is 17.1 Å². The molecule has 2 aromatic rings. The molecule has 6 heteroatoms. The van der Waals surface area contributed by atoms with Gasteiger partial charge in [0.2, 0.25) is 6.10 Å². The number of esters is 1. The number of hydrogen-bond donors (Lipinski definition) is 1. The highest BCUT2D eigenvalue weighted by molar-refractivity contribution is 5.95. The number of hydrogen-bond acceptors (Lipinski definition) is 5. The predicted molar refractivity (Wildman–Crippen MR) is 99.7 cm³/mol. The standard InChI is InChI=1S/C21H23NO5/c1-26-16-10-11-18(23)17(14-16)21(25)27-19(15-8-4-2-5-9-15)20(24)22-12-6-3-7-13-22/h2,4-5,8-11,14,19,23H,3,6-7,12-13H2,1H3/t19-/m0/s1. The Kier molecular flexibility index (Phi) is 5.96. The molecule has 1 heterocycles. The SMILES string of the molecule is COc1ccc(O)c(C(=O)O[C@H](C(=O)N2CCCCC2)c2ccccc2)c1. The molecular formula is C21H23NO5. The highest BCUT2D eigenvalue weighted by atomic mass is 16.5. The van der Waals surface area contributed by atoms with Crippen LogP contribution in [0.15, 0.2) is 48.5 Å². The number of ether oxygens (including phenoxy) is 2. The third-order valence-electron chi connectivity index (χ3n) is 4.64. The monoisotopic (exact) mass is 369 g/mol. The number of nitrogens with zero attached hydrogens (tertiary/aromatic N) is 1. The van der Waals surface area contributed by atoms with Crippen LogP contribution in [-0.2, 0) is 9.53 Å². The predicted octanol–water partition coefficient (Wildman–Crippen LogP) is 3.31. The van der Waals surface area contributed by atoms with Gasteiger partial charge in [-0.3, -0.25) is 4.79 Å². The molecule has 1 fully saturated rings. The highest BCUT2D eigenvalue weighted by Crippen LogP contribution is 2.28. The van der Waals surface area contributed by atoms with Crippen LogP contribution < -0.4 is 4.74 Å². The molecule has 0 spiro atoms. The van der Waals surface area contributed by atoms with Crippen molar-refractivity contribution in [1.82, 2.24) is 4.90 Å². The van der Waals surface area contributed by atoms with E-state index in [0.29, 0.717) is 24.4 Å². The summed E-state index contributed by atoms with van der Waals surface area (Å²) >= 11 is 0. The first kappa shape index (κ1) is 18.8. The van der Waals surface area contributed by atoms with Crippen LogP contribution in [0.25, 0.3) is 0 Å². The summed E-state index contributed by atoms with van der Waals surface area (Å²) in [5.41, 5.74) is 0.561. The summed E-state index contributed by atoms with van der Waals surface area (Å²) in [5, 5.41) is 10.0. The van der Waals surface area contributed by atoms with Gasteiger partial charge < -0.3 is 19.5 Å². The van der Waals surface area contributed by atoms with Gasteiger partial charge in [-0.2, -0.15) is 0 Å². The molecule has 1 atom stereocenters. The van der Waals surface area contributed by atoms with Crippen molar-refractivity contribution in [3.8, 4) is 11.5 Å². The van der Waals surface area contributed by atoms with E-state index in [2.05, 4.69) is 0 Å². The van der Waals surface area contributed by atoms with Crippen molar-refractivity contribution < 1.29 is 24.2 Å². The second-order valence-corrected chi connectivity index (χ2v) is 6.47. The van der Waals surface area contributed by atoms with Crippen LogP contribution in [0.4, 0.5) is 0 Å². The van der Waals surface area contributed by atoms with E-state index in [1.54, 1.807) is 35.2 Å². The van der Waals surface area contributed by atoms with Crippen LogP contribution in [0.3, 0.4) is 0 Å². The zero-order valence-electron chi connectivity index (χ0n) is 15.3. The third kappa shape index (κ3) is 4.39. The number of amides is 1. The van der Waals surface area contributed by atoms with Crippen LogP contribution in [0.2, 0.25) is 0 Å². The second-order valence-electron chi connectivity index (χ2n) is 6.47. The lowest BCUT2D eigenvalue weighted by molar-refractivity contribution is -0.142. The average molecular weight is 369 g/mol. The number of methoxy groups -OCH3 is 1. The van der Waals surface area contributed by atoms with Crippen molar-refractivity contribution in [3.05, 3.63) is 59.7 Å². The lowest BCUT2D eigenvalue weighted by atomic mass is 10.1. The summed E-state index contributed by atoms with van der Waals surface area (Å²) in [6.07, 6.45) is 1.93. The zero-order chi connectivity index (χ0) is 19.2. The van der Waals surface area contributed by atoms with Crippen molar-refractivity contribution in [3.63, 3.8) is 0 Å². The normalized spacial score (nSPS) is 15.1. The summed E-state index contributed by atoms with van der Waals surface area (Å²) < 4.78 is 10.7. The Morgan fingerprint density at radius 2 is 1.74 bits per heavy atom. The molecule has 1 amide bonds. The fraction of sp³-hybridized carbons (Fsp3) is 0.333. The Bertz CT molecular complexity index is 799. The van der Waals surface area contributed by atoms with Gasteiger partial charge in [0.05, 0.1) is 7.11 Å². The van der Waals surface area contributed by atoms with E-state index in [-0.39, 0.29) is 17.2 Å². The van der Waals surface area contributed by atoms with Crippen molar-refractivity contribution in [2.75, 3.05) is 20.2 Å². The van der Waals surface area contributed by atoms with Crippen molar-refractivity contribution in [2.45, 2.75) is 25.4 Å². The number of piperidine rings is 1. The van der Waals surface area contributed by atoms with Crippen LogP contribution >= 0.6 is 0 Å². The Morgan fingerprint density at radius 3 is 2.41 bits per heavy atom. The van der Waals surface area contributed by atoms with Gasteiger partial charge in [-0.05, 0) is 37.5 Å². The molecule has 1 N–H and O–H groups in total. The third-order valence-corrected chi connectivity index (χ3v) is 4.64. The lowest BCUT2D eigenvalue weighted by Gasteiger charge is -2.30. The first-order valence-corrected chi connectivity index (χ1v) is 9.02. The van der Waals surface area contributed by atoms with E-state index < -0.39 is 12.1 Å². The van der Waals surface area contributed by atoms with E-state index in [0.717, 1.165) is 19.3 Å². The summed E-state index contributed by atoms with van der Waals surface area (Å²) in [6, 6.07) is 13.2. The molecule has 0 saturated carbocycles. The number of carbonyl (C=O) groups excluding carboxylic acids is 2. The molecule has 27 heavy (non-hydrogen) atoms. The number of rotatable bonds is 5. The minimum Gasteiger partial charge on any atom is -0.507 e. The number of benzene rings is 2. The van der Waals surface area contributed by atoms with Gasteiger partial charge in [-0.1, -0.05) is 30.3 Å². The van der Waals surface area contributed by atoms with E-state index in [9.17, 15) is 14.7 Å². The number of phenols is 1. The summed E-state index contributed by atoms with van der Waals surface area (Å²) in [7, 11) is 1.47. The highest BCUT2D eigenvalue weighted by Gasteiger charge is 2.31.